The van der Waals surface area contributed by atoms with Crippen molar-refractivity contribution in [1.29, 1.82) is 0 Å². The lowest BCUT2D eigenvalue weighted by atomic mass is 9.99. The Kier molecular flexibility index (Phi) is 5.24. The monoisotopic (exact) mass is 374 g/mol. The molecule has 1 aliphatic rings. The molecule has 0 unspecified atom stereocenters. The van der Waals surface area contributed by atoms with Crippen LogP contribution in [0.5, 0.6) is 0 Å². The van der Waals surface area contributed by atoms with Crippen molar-refractivity contribution < 1.29 is 4.79 Å². The number of rotatable bonds is 4. The zero-order chi connectivity index (χ0) is 19.5. The molecule has 1 N–H and O–H groups in total. The minimum Gasteiger partial charge on any atom is -0.357 e. The molecule has 1 fully saturated rings. The molecule has 0 atom stereocenters. The Bertz CT molecular complexity index is 976. The number of benzene rings is 1. The second-order valence-corrected chi connectivity index (χ2v) is 7.69. The maximum Gasteiger partial charge on any atom is 0.253 e. The van der Waals surface area contributed by atoms with Gasteiger partial charge in [0.05, 0.1) is 16.8 Å². The van der Waals surface area contributed by atoms with Gasteiger partial charge >= 0.3 is 0 Å². The first-order valence-electron chi connectivity index (χ1n) is 9.94. The zero-order valence-corrected chi connectivity index (χ0v) is 16.5. The molecule has 2 aromatic heterocycles. The molecule has 0 saturated carbocycles. The van der Waals surface area contributed by atoms with Gasteiger partial charge in [-0.15, -0.1) is 0 Å². The van der Waals surface area contributed by atoms with Crippen molar-refractivity contribution in [1.82, 2.24) is 15.3 Å². The van der Waals surface area contributed by atoms with Crippen LogP contribution in [0.3, 0.4) is 0 Å². The Morgan fingerprint density at radius 3 is 2.71 bits per heavy atom. The van der Waals surface area contributed by atoms with Gasteiger partial charge in [-0.05, 0) is 49.4 Å². The normalized spacial score (nSPS) is 15.0. The van der Waals surface area contributed by atoms with E-state index in [9.17, 15) is 4.79 Å². The average molecular weight is 374 g/mol. The van der Waals surface area contributed by atoms with Crippen LogP contribution in [-0.2, 0) is 6.54 Å². The van der Waals surface area contributed by atoms with E-state index >= 15 is 0 Å². The number of carbonyl (C=O) groups excluding carboxylic acids is 1. The van der Waals surface area contributed by atoms with E-state index in [1.807, 2.05) is 49.5 Å². The summed E-state index contributed by atoms with van der Waals surface area (Å²) in [4.78, 5) is 24.1. The van der Waals surface area contributed by atoms with Gasteiger partial charge in [-0.3, -0.25) is 9.78 Å². The SMILES string of the molecule is Cc1nc2ccccc2cc1C(=O)NCc1ccc(N2CCC(C)CC2)nc1. The fourth-order valence-corrected chi connectivity index (χ4v) is 3.67. The fraction of sp³-hybridized carbons (Fsp3) is 0.348. The van der Waals surface area contributed by atoms with Crippen molar-refractivity contribution in [2.45, 2.75) is 33.2 Å². The van der Waals surface area contributed by atoms with Gasteiger partial charge in [0.25, 0.3) is 5.91 Å². The molecular formula is C23H26N4O. The number of hydrogen-bond donors (Lipinski definition) is 1. The van der Waals surface area contributed by atoms with E-state index in [1.54, 1.807) is 0 Å². The summed E-state index contributed by atoms with van der Waals surface area (Å²) in [6.07, 6.45) is 4.30. The van der Waals surface area contributed by atoms with E-state index in [0.29, 0.717) is 12.1 Å². The summed E-state index contributed by atoms with van der Waals surface area (Å²) in [5, 5.41) is 3.97. The van der Waals surface area contributed by atoms with E-state index in [0.717, 1.165) is 47.0 Å². The standard InChI is InChI=1S/C23H26N4O/c1-16-9-11-27(12-10-16)22-8-7-18(14-24-22)15-25-23(28)20-13-19-5-3-4-6-21(19)26-17(20)2/h3-8,13-14,16H,9-12,15H2,1-2H3,(H,25,28). The number of carbonyl (C=O) groups is 1. The van der Waals surface area contributed by atoms with Crippen molar-refractivity contribution in [3.05, 3.63) is 65.5 Å². The summed E-state index contributed by atoms with van der Waals surface area (Å²) >= 11 is 0. The highest BCUT2D eigenvalue weighted by Gasteiger charge is 2.17. The van der Waals surface area contributed by atoms with E-state index in [2.05, 4.69) is 33.2 Å². The van der Waals surface area contributed by atoms with Crippen LogP contribution >= 0.6 is 0 Å². The van der Waals surface area contributed by atoms with Crippen LogP contribution in [0.2, 0.25) is 0 Å². The van der Waals surface area contributed by atoms with Crippen LogP contribution in [0.1, 0.15) is 41.4 Å². The van der Waals surface area contributed by atoms with Gasteiger partial charge in [0.2, 0.25) is 0 Å². The number of amides is 1. The molecule has 1 saturated heterocycles. The van der Waals surface area contributed by atoms with Crippen LogP contribution in [0, 0.1) is 12.8 Å². The molecule has 5 heteroatoms. The second-order valence-electron chi connectivity index (χ2n) is 7.69. The molecule has 0 bridgehead atoms. The molecular weight excluding hydrogens is 348 g/mol. The lowest BCUT2D eigenvalue weighted by Gasteiger charge is -2.31. The van der Waals surface area contributed by atoms with Gasteiger partial charge in [-0.2, -0.15) is 0 Å². The van der Waals surface area contributed by atoms with Crippen molar-refractivity contribution in [2.75, 3.05) is 18.0 Å². The molecule has 0 spiro atoms. The summed E-state index contributed by atoms with van der Waals surface area (Å²) in [6, 6.07) is 13.9. The fourth-order valence-electron chi connectivity index (χ4n) is 3.67. The quantitative estimate of drug-likeness (QED) is 0.747. The van der Waals surface area contributed by atoms with Crippen LogP contribution < -0.4 is 10.2 Å². The van der Waals surface area contributed by atoms with Crippen LogP contribution in [0.4, 0.5) is 5.82 Å². The Hall–Kier alpha value is -2.95. The lowest BCUT2D eigenvalue weighted by Crippen LogP contribution is -2.33. The van der Waals surface area contributed by atoms with Crippen LogP contribution in [0.25, 0.3) is 10.9 Å². The summed E-state index contributed by atoms with van der Waals surface area (Å²) < 4.78 is 0. The summed E-state index contributed by atoms with van der Waals surface area (Å²) in [6.45, 7) is 6.77. The summed E-state index contributed by atoms with van der Waals surface area (Å²) in [5.74, 6) is 1.72. The molecule has 5 nitrogen and oxygen atoms in total. The highest BCUT2D eigenvalue weighted by Crippen LogP contribution is 2.21. The molecule has 1 aromatic carbocycles. The van der Waals surface area contributed by atoms with E-state index in [4.69, 9.17) is 0 Å². The minimum absolute atomic E-state index is 0.107. The smallest absolute Gasteiger partial charge is 0.253 e. The van der Waals surface area contributed by atoms with Crippen LogP contribution in [-0.4, -0.2) is 29.0 Å². The van der Waals surface area contributed by atoms with Crippen molar-refractivity contribution in [2.24, 2.45) is 5.92 Å². The predicted octanol–water partition coefficient (Wildman–Crippen LogP) is 4.10. The first-order valence-corrected chi connectivity index (χ1v) is 9.94. The highest BCUT2D eigenvalue weighted by atomic mass is 16.1. The number of para-hydroxylation sites is 1. The maximum absolute atomic E-state index is 12.6. The summed E-state index contributed by atoms with van der Waals surface area (Å²) in [7, 11) is 0. The number of aryl methyl sites for hydroxylation is 1. The van der Waals surface area contributed by atoms with Crippen molar-refractivity contribution in [3.8, 4) is 0 Å². The topological polar surface area (TPSA) is 58.1 Å². The zero-order valence-electron chi connectivity index (χ0n) is 16.5. The first-order chi connectivity index (χ1) is 13.6. The number of piperidine rings is 1. The van der Waals surface area contributed by atoms with E-state index in [1.165, 1.54) is 12.8 Å². The first kappa shape index (κ1) is 18.4. The van der Waals surface area contributed by atoms with E-state index < -0.39 is 0 Å². The minimum atomic E-state index is -0.107. The number of hydrogen-bond acceptors (Lipinski definition) is 4. The molecule has 28 heavy (non-hydrogen) atoms. The summed E-state index contributed by atoms with van der Waals surface area (Å²) in [5.41, 5.74) is 3.26. The molecule has 1 amide bonds. The number of anilines is 1. The highest BCUT2D eigenvalue weighted by molar-refractivity contribution is 5.98. The Morgan fingerprint density at radius 1 is 1.18 bits per heavy atom. The molecule has 1 aliphatic heterocycles. The van der Waals surface area contributed by atoms with Crippen molar-refractivity contribution in [3.63, 3.8) is 0 Å². The largest absolute Gasteiger partial charge is 0.357 e. The second kappa shape index (κ2) is 7.97. The number of aromatic nitrogens is 2. The lowest BCUT2D eigenvalue weighted by molar-refractivity contribution is 0.0950. The third kappa shape index (κ3) is 3.98. The molecule has 0 radical (unpaired) electrons. The number of pyridine rings is 2. The predicted molar refractivity (Wildman–Crippen MR) is 112 cm³/mol. The van der Waals surface area contributed by atoms with Gasteiger partial charge in [0.1, 0.15) is 5.82 Å². The number of fused-ring (bicyclic) bond motifs is 1. The Labute approximate surface area is 165 Å². The molecule has 0 aliphatic carbocycles. The van der Waals surface area contributed by atoms with Gasteiger partial charge in [-0.1, -0.05) is 31.2 Å². The third-order valence-corrected chi connectivity index (χ3v) is 5.53. The van der Waals surface area contributed by atoms with Crippen molar-refractivity contribution >= 4 is 22.6 Å². The number of nitrogens with zero attached hydrogens (tertiary/aromatic N) is 3. The van der Waals surface area contributed by atoms with Gasteiger partial charge in [0.15, 0.2) is 0 Å². The third-order valence-electron chi connectivity index (χ3n) is 5.53. The molecule has 3 aromatic rings. The van der Waals surface area contributed by atoms with E-state index in [-0.39, 0.29) is 5.91 Å². The molecule has 144 valence electrons. The molecule has 4 rings (SSSR count). The Morgan fingerprint density at radius 2 is 1.96 bits per heavy atom. The van der Waals surface area contributed by atoms with Gasteiger partial charge < -0.3 is 10.2 Å². The Balaban J connectivity index is 1.40. The van der Waals surface area contributed by atoms with Crippen LogP contribution in [0.15, 0.2) is 48.7 Å². The van der Waals surface area contributed by atoms with Gasteiger partial charge in [0, 0.05) is 31.2 Å². The van der Waals surface area contributed by atoms with Gasteiger partial charge in [-0.25, -0.2) is 4.98 Å². The average Bonchev–Trinajstić information content (AvgIpc) is 2.72. The molecule has 3 heterocycles. The maximum atomic E-state index is 12.6. The number of nitrogens with one attached hydrogen (secondary N) is 1.